The third kappa shape index (κ3) is 2.68. The van der Waals surface area contributed by atoms with E-state index in [-0.39, 0.29) is 11.1 Å². The molecule has 1 aliphatic rings. The number of hydrogen-bond donors (Lipinski definition) is 2. The average molecular weight is 256 g/mol. The Morgan fingerprint density at radius 1 is 1.65 bits per heavy atom. The molecule has 0 aromatic carbocycles. The van der Waals surface area contributed by atoms with Crippen LogP contribution in [0.25, 0.3) is 0 Å². The minimum absolute atomic E-state index is 0.143. The van der Waals surface area contributed by atoms with Crippen molar-refractivity contribution in [3.05, 3.63) is 23.0 Å². The minimum Gasteiger partial charge on any atom is -0.397 e. The van der Waals surface area contributed by atoms with E-state index in [1.54, 1.807) is 4.90 Å². The second-order valence-electron chi connectivity index (χ2n) is 4.15. The van der Waals surface area contributed by atoms with Crippen molar-refractivity contribution in [2.45, 2.75) is 18.9 Å². The van der Waals surface area contributed by atoms with E-state index in [2.05, 4.69) is 4.98 Å². The van der Waals surface area contributed by atoms with Crippen LogP contribution in [0, 0.1) is 0 Å². The first-order chi connectivity index (χ1) is 8.08. The molecular weight excluding hydrogens is 242 g/mol. The number of rotatable bonds is 1. The molecule has 1 unspecified atom stereocenters. The number of anilines is 1. The van der Waals surface area contributed by atoms with Crippen LogP contribution in [0.3, 0.4) is 0 Å². The highest BCUT2D eigenvalue weighted by molar-refractivity contribution is 6.32. The number of pyridine rings is 1. The third-order valence-corrected chi connectivity index (χ3v) is 3.08. The number of likely N-dealkylation sites (tertiary alicyclic amines) is 1. The highest BCUT2D eigenvalue weighted by atomic mass is 35.5. The Morgan fingerprint density at radius 2 is 2.41 bits per heavy atom. The molecule has 3 N–H and O–H groups in total. The first-order valence-electron chi connectivity index (χ1n) is 5.46. The number of β-amino-alcohol motifs (C(OH)–C–C–N with tert-alkyl or cyclic N) is 1. The van der Waals surface area contributed by atoms with Crippen molar-refractivity contribution in [2.75, 3.05) is 18.8 Å². The molecule has 1 atom stereocenters. The van der Waals surface area contributed by atoms with Crippen molar-refractivity contribution in [1.29, 1.82) is 0 Å². The first kappa shape index (κ1) is 12.1. The Morgan fingerprint density at radius 3 is 3.12 bits per heavy atom. The van der Waals surface area contributed by atoms with Gasteiger partial charge in [0.1, 0.15) is 5.15 Å². The Balaban J connectivity index is 2.21. The summed E-state index contributed by atoms with van der Waals surface area (Å²) in [5.41, 5.74) is 6.27. The van der Waals surface area contributed by atoms with Crippen LogP contribution in [0.2, 0.25) is 5.15 Å². The summed E-state index contributed by atoms with van der Waals surface area (Å²) >= 11 is 5.87. The molecule has 0 bridgehead atoms. The van der Waals surface area contributed by atoms with Crippen LogP contribution in [0.4, 0.5) is 5.69 Å². The number of aliphatic hydroxyl groups excluding tert-OH is 1. The zero-order valence-corrected chi connectivity index (χ0v) is 10.0. The van der Waals surface area contributed by atoms with Crippen LogP contribution in [-0.2, 0) is 0 Å². The van der Waals surface area contributed by atoms with Crippen LogP contribution >= 0.6 is 11.6 Å². The maximum atomic E-state index is 12.2. The van der Waals surface area contributed by atoms with Gasteiger partial charge in [-0.25, -0.2) is 4.98 Å². The van der Waals surface area contributed by atoms with Crippen LogP contribution in [-0.4, -0.2) is 40.1 Å². The van der Waals surface area contributed by atoms with Gasteiger partial charge in [-0.3, -0.25) is 4.79 Å². The molecular formula is C11H14ClN3O2. The van der Waals surface area contributed by atoms with Crippen LogP contribution in [0.15, 0.2) is 12.3 Å². The monoisotopic (exact) mass is 255 g/mol. The Hall–Kier alpha value is -1.33. The van der Waals surface area contributed by atoms with Crippen molar-refractivity contribution in [1.82, 2.24) is 9.88 Å². The van der Waals surface area contributed by atoms with Gasteiger partial charge in [0.15, 0.2) is 0 Å². The molecule has 0 radical (unpaired) electrons. The molecule has 17 heavy (non-hydrogen) atoms. The number of nitrogens with zero attached hydrogens (tertiary/aromatic N) is 2. The standard InChI is InChI=1S/C11H14ClN3O2/c12-10-9(4-7(13)5-14-10)11(17)15-3-1-2-8(16)6-15/h4-5,8,16H,1-3,6,13H2. The Kier molecular flexibility index (Phi) is 3.49. The second-order valence-corrected chi connectivity index (χ2v) is 4.51. The lowest BCUT2D eigenvalue weighted by atomic mass is 10.1. The summed E-state index contributed by atoms with van der Waals surface area (Å²) in [7, 11) is 0. The lowest BCUT2D eigenvalue weighted by Gasteiger charge is -2.30. The molecule has 92 valence electrons. The van der Waals surface area contributed by atoms with Crippen molar-refractivity contribution >= 4 is 23.2 Å². The lowest BCUT2D eigenvalue weighted by Crippen LogP contribution is -2.42. The molecule has 6 heteroatoms. The van der Waals surface area contributed by atoms with Crippen molar-refractivity contribution in [3.8, 4) is 0 Å². The molecule has 1 aliphatic heterocycles. The van der Waals surface area contributed by atoms with E-state index >= 15 is 0 Å². The molecule has 0 spiro atoms. The maximum Gasteiger partial charge on any atom is 0.257 e. The summed E-state index contributed by atoms with van der Waals surface area (Å²) in [5.74, 6) is -0.228. The van der Waals surface area contributed by atoms with Gasteiger partial charge in [0.05, 0.1) is 23.6 Å². The van der Waals surface area contributed by atoms with E-state index in [1.807, 2.05) is 0 Å². The fourth-order valence-electron chi connectivity index (χ4n) is 1.92. The van der Waals surface area contributed by atoms with Gasteiger partial charge in [-0.15, -0.1) is 0 Å². The largest absolute Gasteiger partial charge is 0.397 e. The molecule has 1 amide bonds. The minimum atomic E-state index is -0.458. The second kappa shape index (κ2) is 4.89. The smallest absolute Gasteiger partial charge is 0.257 e. The predicted molar refractivity (Wildman–Crippen MR) is 64.8 cm³/mol. The Labute approximate surface area is 104 Å². The molecule has 0 saturated carbocycles. The van der Waals surface area contributed by atoms with Gasteiger partial charge in [-0.1, -0.05) is 11.6 Å². The zero-order chi connectivity index (χ0) is 12.4. The topological polar surface area (TPSA) is 79.5 Å². The lowest BCUT2D eigenvalue weighted by molar-refractivity contribution is 0.0473. The summed E-state index contributed by atoms with van der Waals surface area (Å²) in [5, 5.41) is 9.67. The van der Waals surface area contributed by atoms with Gasteiger partial charge in [0, 0.05) is 13.1 Å². The predicted octanol–water partition coefficient (Wildman–Crippen LogP) is 0.914. The molecule has 2 rings (SSSR count). The molecule has 2 heterocycles. The van der Waals surface area contributed by atoms with E-state index in [0.717, 1.165) is 12.8 Å². The molecule has 5 nitrogen and oxygen atoms in total. The van der Waals surface area contributed by atoms with E-state index in [4.69, 9.17) is 17.3 Å². The molecule has 0 aliphatic carbocycles. The van der Waals surface area contributed by atoms with E-state index in [0.29, 0.717) is 24.3 Å². The number of amides is 1. The van der Waals surface area contributed by atoms with Gasteiger partial charge < -0.3 is 15.7 Å². The van der Waals surface area contributed by atoms with Crippen molar-refractivity contribution in [3.63, 3.8) is 0 Å². The summed E-state index contributed by atoms with van der Waals surface area (Å²) in [4.78, 5) is 17.6. The van der Waals surface area contributed by atoms with Crippen LogP contribution in [0.5, 0.6) is 0 Å². The zero-order valence-electron chi connectivity index (χ0n) is 9.27. The number of aliphatic hydroxyl groups is 1. The van der Waals surface area contributed by atoms with Gasteiger partial charge in [-0.05, 0) is 18.9 Å². The maximum absolute atomic E-state index is 12.2. The van der Waals surface area contributed by atoms with Crippen LogP contribution in [0.1, 0.15) is 23.2 Å². The number of nitrogens with two attached hydrogens (primary N) is 1. The fraction of sp³-hybridized carbons (Fsp3) is 0.455. The summed E-state index contributed by atoms with van der Waals surface area (Å²) in [6.07, 6.45) is 2.47. The molecule has 1 aromatic heterocycles. The van der Waals surface area contributed by atoms with Crippen molar-refractivity contribution < 1.29 is 9.90 Å². The number of carbonyl (C=O) groups is 1. The number of aromatic nitrogens is 1. The highest BCUT2D eigenvalue weighted by Crippen LogP contribution is 2.20. The normalized spacial score (nSPS) is 20.4. The number of nitrogen functional groups attached to an aromatic ring is 1. The fourth-order valence-corrected chi connectivity index (χ4v) is 2.11. The number of piperidine rings is 1. The summed E-state index contributed by atoms with van der Waals surface area (Å²) < 4.78 is 0. The van der Waals surface area contributed by atoms with E-state index in [1.165, 1.54) is 12.3 Å². The molecule has 1 fully saturated rings. The van der Waals surface area contributed by atoms with Gasteiger partial charge in [0.25, 0.3) is 5.91 Å². The van der Waals surface area contributed by atoms with Gasteiger partial charge >= 0.3 is 0 Å². The number of hydrogen-bond acceptors (Lipinski definition) is 4. The van der Waals surface area contributed by atoms with Crippen LogP contribution < -0.4 is 5.73 Å². The third-order valence-electron chi connectivity index (χ3n) is 2.77. The summed E-state index contributed by atoms with van der Waals surface area (Å²) in [6.45, 7) is 0.963. The summed E-state index contributed by atoms with van der Waals surface area (Å²) in [6, 6.07) is 1.51. The van der Waals surface area contributed by atoms with E-state index in [9.17, 15) is 9.90 Å². The van der Waals surface area contributed by atoms with Gasteiger partial charge in [-0.2, -0.15) is 0 Å². The van der Waals surface area contributed by atoms with Crippen molar-refractivity contribution in [2.24, 2.45) is 0 Å². The molecule has 1 saturated heterocycles. The van der Waals surface area contributed by atoms with E-state index < -0.39 is 6.10 Å². The SMILES string of the molecule is Nc1cnc(Cl)c(C(=O)N2CCCC(O)C2)c1. The highest BCUT2D eigenvalue weighted by Gasteiger charge is 2.24. The number of halogens is 1. The molecule has 1 aromatic rings. The quantitative estimate of drug-likeness (QED) is 0.731. The Bertz CT molecular complexity index is 439. The number of carbonyl (C=O) groups excluding carboxylic acids is 1. The first-order valence-corrected chi connectivity index (χ1v) is 5.84. The van der Waals surface area contributed by atoms with Gasteiger partial charge in [0.2, 0.25) is 0 Å². The average Bonchev–Trinajstić information content (AvgIpc) is 2.31.